The molecule has 2 heterocycles. The Balaban J connectivity index is 1.67. The summed E-state index contributed by atoms with van der Waals surface area (Å²) in [4.78, 5) is 126. The molecule has 336 valence electrons. The molecule has 0 saturated heterocycles. The predicted octanol–water partition coefficient (Wildman–Crippen LogP) is 5.13. The Bertz CT molecular complexity index is 2880. The third kappa shape index (κ3) is 6.59. The molecule has 0 radical (unpaired) electrons. The number of halogens is 6. The third-order valence-electron chi connectivity index (χ3n) is 10.5. The van der Waals surface area contributed by atoms with Crippen molar-refractivity contribution in [3.8, 4) is 11.5 Å². The Morgan fingerprint density at radius 3 is 1.37 bits per heavy atom. The summed E-state index contributed by atoms with van der Waals surface area (Å²) in [6, 6.07) is 5.21. The molecule has 6 rings (SSSR count). The second-order valence-electron chi connectivity index (χ2n) is 14.1. The normalized spacial score (nSPS) is 14.2. The molecule has 0 aromatic heterocycles. The van der Waals surface area contributed by atoms with Crippen LogP contribution in [0.15, 0.2) is 48.5 Å². The van der Waals surface area contributed by atoms with Gasteiger partial charge in [-0.05, 0) is 73.9 Å². The number of rotatable bonds is 13. The quantitative estimate of drug-likeness (QED) is 0.0585. The molecule has 0 spiro atoms. The lowest BCUT2D eigenvalue weighted by Crippen LogP contribution is -2.70. The summed E-state index contributed by atoms with van der Waals surface area (Å²) in [5.74, 6) is -36.9. The van der Waals surface area contributed by atoms with E-state index in [2.05, 4.69) is 9.47 Å². The lowest BCUT2D eigenvalue weighted by molar-refractivity contribution is -0.204. The number of fused-ring (bicyclic) bond motifs is 2. The van der Waals surface area contributed by atoms with Crippen LogP contribution < -0.4 is 9.47 Å². The molecular weight excluding hydrogens is 894 g/mol. The van der Waals surface area contributed by atoms with E-state index in [4.69, 9.17) is 9.47 Å². The Morgan fingerprint density at radius 2 is 0.985 bits per heavy atom. The molecule has 4 aromatic rings. The van der Waals surface area contributed by atoms with E-state index in [1.54, 1.807) is 0 Å². The van der Waals surface area contributed by atoms with Crippen LogP contribution in [0.3, 0.4) is 0 Å². The van der Waals surface area contributed by atoms with E-state index >= 15 is 26.3 Å². The molecule has 4 aromatic carbocycles. The number of hydrogen-bond acceptors (Lipinski definition) is 14. The van der Waals surface area contributed by atoms with E-state index in [0.29, 0.717) is 13.0 Å². The molecule has 0 bridgehead atoms. The number of esters is 6. The summed E-state index contributed by atoms with van der Waals surface area (Å²) in [5, 5.41) is 41.2. The predicted molar refractivity (Wildman–Crippen MR) is 193 cm³/mol. The van der Waals surface area contributed by atoms with Crippen molar-refractivity contribution in [1.29, 1.82) is 0 Å². The highest BCUT2D eigenvalue weighted by atomic mass is 19.3. The van der Waals surface area contributed by atoms with Gasteiger partial charge in [0.1, 0.15) is 28.5 Å². The third-order valence-corrected chi connectivity index (χ3v) is 10.5. The zero-order chi connectivity index (χ0) is 48.6. The molecule has 0 amide bonds. The Hall–Kier alpha value is -8.44. The molecule has 1 unspecified atom stereocenters. The second kappa shape index (κ2) is 15.7. The minimum absolute atomic E-state index is 0.128. The molecule has 2 aliphatic heterocycles. The summed E-state index contributed by atoms with van der Waals surface area (Å²) in [5.41, 5.74) is -24.5. The van der Waals surface area contributed by atoms with Crippen molar-refractivity contribution >= 4 is 59.7 Å². The number of carboxylic acid groups (broad SMARTS) is 4. The Labute approximate surface area is 355 Å². The van der Waals surface area contributed by atoms with Gasteiger partial charge in [0.25, 0.3) is 11.8 Å². The second-order valence-corrected chi connectivity index (χ2v) is 14.1. The molecule has 4 N–H and O–H groups in total. The van der Waals surface area contributed by atoms with Crippen LogP contribution in [0.4, 0.5) is 26.3 Å². The fraction of sp³-hybridized carbons (Fsp3) is 0.171. The molecule has 0 saturated carbocycles. The van der Waals surface area contributed by atoms with Crippen molar-refractivity contribution in [2.45, 2.75) is 38.5 Å². The molecule has 24 heteroatoms. The first kappa shape index (κ1) is 46.1. The van der Waals surface area contributed by atoms with E-state index in [0.717, 1.165) is 44.2 Å². The smallest absolute Gasteiger partial charge is 0.376 e. The van der Waals surface area contributed by atoms with E-state index in [9.17, 15) is 68.4 Å². The minimum atomic E-state index is -6.42. The van der Waals surface area contributed by atoms with Gasteiger partial charge in [-0.2, -0.15) is 8.78 Å². The van der Waals surface area contributed by atoms with Crippen molar-refractivity contribution in [3.63, 3.8) is 0 Å². The van der Waals surface area contributed by atoms with Crippen molar-refractivity contribution in [3.05, 3.63) is 127 Å². The first-order valence-electron chi connectivity index (χ1n) is 17.7. The van der Waals surface area contributed by atoms with Crippen LogP contribution in [-0.4, -0.2) is 86.0 Å². The van der Waals surface area contributed by atoms with Gasteiger partial charge in [-0.15, -0.1) is 0 Å². The van der Waals surface area contributed by atoms with Gasteiger partial charge >= 0.3 is 65.6 Å². The van der Waals surface area contributed by atoms with Gasteiger partial charge in [-0.25, -0.2) is 51.1 Å². The van der Waals surface area contributed by atoms with Crippen molar-refractivity contribution < 1.29 is 114 Å². The van der Waals surface area contributed by atoms with E-state index in [-0.39, 0.29) is 17.7 Å². The van der Waals surface area contributed by atoms with Gasteiger partial charge in [-0.3, -0.25) is 14.4 Å². The fourth-order valence-electron chi connectivity index (χ4n) is 7.57. The van der Waals surface area contributed by atoms with Gasteiger partial charge in [0.05, 0.1) is 38.9 Å². The average molecular weight is 917 g/mol. The number of hydrogen-bond donors (Lipinski definition) is 4. The van der Waals surface area contributed by atoms with Crippen LogP contribution in [0.25, 0.3) is 0 Å². The van der Waals surface area contributed by atoms with E-state index in [1.807, 2.05) is 0 Å². The van der Waals surface area contributed by atoms with Gasteiger partial charge in [0.15, 0.2) is 0 Å². The number of aliphatic carboxylic acids is 4. The molecule has 1 atom stereocenters. The van der Waals surface area contributed by atoms with Crippen molar-refractivity contribution in [2.75, 3.05) is 0 Å². The number of carbonyl (C=O) groups excluding carboxylic acids is 6. The summed E-state index contributed by atoms with van der Waals surface area (Å²) < 4.78 is 118. The highest BCUT2D eigenvalue weighted by molar-refractivity contribution is 6.20. The average Bonchev–Trinajstić information content (AvgIpc) is 3.67. The van der Waals surface area contributed by atoms with Crippen molar-refractivity contribution in [1.82, 2.24) is 0 Å². The number of carbonyl (C=O) groups is 10. The summed E-state index contributed by atoms with van der Waals surface area (Å²) in [6.45, 7) is 1.92. The van der Waals surface area contributed by atoms with Crippen LogP contribution in [0.1, 0.15) is 102 Å². The summed E-state index contributed by atoms with van der Waals surface area (Å²) in [6.07, 6.45) is -4.47. The first-order valence-corrected chi connectivity index (χ1v) is 17.7. The van der Waals surface area contributed by atoms with Crippen LogP contribution >= 0.6 is 0 Å². The molecule has 0 fully saturated rings. The zero-order valence-electron chi connectivity index (χ0n) is 32.5. The van der Waals surface area contributed by atoms with Crippen LogP contribution in [-0.2, 0) is 34.1 Å². The molecule has 2 aliphatic rings. The number of ether oxygens (including phenoxy) is 4. The highest BCUT2D eigenvalue weighted by Gasteiger charge is 2.82. The maximum atomic E-state index is 17.2. The Kier molecular flexibility index (Phi) is 11.1. The van der Waals surface area contributed by atoms with Gasteiger partial charge in [0.2, 0.25) is 0 Å². The Morgan fingerprint density at radius 1 is 0.585 bits per heavy atom. The van der Waals surface area contributed by atoms with Gasteiger partial charge in [0, 0.05) is 11.1 Å². The molecular formula is C41H22F6O18. The largest absolute Gasteiger partial charge is 0.480 e. The molecule has 65 heavy (non-hydrogen) atoms. The topological polar surface area (TPSA) is 289 Å². The summed E-state index contributed by atoms with van der Waals surface area (Å²) >= 11 is 0. The molecule has 18 nitrogen and oxygen atoms in total. The lowest BCUT2D eigenvalue weighted by atomic mass is 9.52. The molecule has 0 aliphatic carbocycles. The van der Waals surface area contributed by atoms with Gasteiger partial charge in [-0.1, -0.05) is 12.1 Å². The summed E-state index contributed by atoms with van der Waals surface area (Å²) in [7, 11) is 0. The number of carboxylic acids is 4. The fourth-order valence-corrected chi connectivity index (χ4v) is 7.57. The SMILES string of the molecule is Cc1cc(C(c2c(F)c(C)c(OC(=O)c3ccc4c(c3)C(=O)OC4=O)c(C(F)F)c2F)(C(F)(F)C(=O)O)C(C(=O)O)(C(=O)O)C(=O)O)cc(C)c1OC(=O)c1ccc2c(c1)C(=O)OC2=O. The maximum Gasteiger partial charge on any atom is 0.376 e. The monoisotopic (exact) mass is 916 g/mol. The standard InChI is InChI=1S/C41H22F6O18/c1-12-8-17(9-13(2)26(12)62-29(48)15-4-6-18-20(10-15)33(52)64-31(18)50)40(41(46,47)38(60)61,39(35(54)55,36(56)57)37(58)59)23-24(42)14(3)27(22(25(23)43)28(44)45)63-30(49)16-5-7-19-21(11-16)34(53)65-32(19)51/h4-11,28H,1-3H3,(H,54,55)(H,56,57)(H,58,59)(H,60,61). The number of benzene rings is 4. The first-order chi connectivity index (χ1) is 30.2. The number of cyclic esters (lactones) is 4. The highest BCUT2D eigenvalue weighted by Crippen LogP contribution is 2.61. The van der Waals surface area contributed by atoms with Crippen LogP contribution in [0, 0.1) is 37.8 Å². The van der Waals surface area contributed by atoms with Gasteiger partial charge < -0.3 is 39.4 Å². The van der Waals surface area contributed by atoms with Crippen LogP contribution in [0.5, 0.6) is 11.5 Å². The minimum Gasteiger partial charge on any atom is -0.480 e. The van der Waals surface area contributed by atoms with E-state index in [1.165, 1.54) is 0 Å². The van der Waals surface area contributed by atoms with E-state index < -0.39 is 167 Å². The zero-order valence-corrected chi connectivity index (χ0v) is 32.5. The maximum absolute atomic E-state index is 17.2. The van der Waals surface area contributed by atoms with Crippen LogP contribution in [0.2, 0.25) is 0 Å². The number of aryl methyl sites for hydroxylation is 2. The number of alkyl halides is 4. The van der Waals surface area contributed by atoms with Crippen molar-refractivity contribution in [2.24, 2.45) is 5.41 Å². The lowest BCUT2D eigenvalue weighted by Gasteiger charge is -2.46.